The molecular formula is C14H19N5O2. The molecule has 7 heteroatoms. The SMILES string of the molecule is COCCn1cncc1CNC(=O)c1n[nH]c2c1CCC2. The smallest absolute Gasteiger partial charge is 0.272 e. The van der Waals surface area contributed by atoms with Gasteiger partial charge in [0.1, 0.15) is 0 Å². The molecule has 0 aliphatic heterocycles. The highest BCUT2D eigenvalue weighted by Gasteiger charge is 2.22. The van der Waals surface area contributed by atoms with Crippen molar-refractivity contribution in [2.24, 2.45) is 0 Å². The fourth-order valence-electron chi connectivity index (χ4n) is 2.65. The maximum atomic E-state index is 12.2. The van der Waals surface area contributed by atoms with E-state index in [0.717, 1.165) is 42.8 Å². The van der Waals surface area contributed by atoms with Gasteiger partial charge in [-0.05, 0) is 19.3 Å². The first-order valence-corrected chi connectivity index (χ1v) is 7.12. The number of aryl methyl sites for hydroxylation is 1. The van der Waals surface area contributed by atoms with Crippen LogP contribution in [0.5, 0.6) is 0 Å². The van der Waals surface area contributed by atoms with Gasteiger partial charge in [0.2, 0.25) is 0 Å². The van der Waals surface area contributed by atoms with Crippen LogP contribution in [0.15, 0.2) is 12.5 Å². The minimum atomic E-state index is -0.131. The number of aromatic amines is 1. The molecular weight excluding hydrogens is 270 g/mol. The molecule has 1 aliphatic carbocycles. The fraction of sp³-hybridized carbons (Fsp3) is 0.500. The van der Waals surface area contributed by atoms with E-state index in [2.05, 4.69) is 20.5 Å². The summed E-state index contributed by atoms with van der Waals surface area (Å²) in [6, 6.07) is 0. The van der Waals surface area contributed by atoms with E-state index >= 15 is 0 Å². The molecule has 0 atom stereocenters. The average Bonchev–Trinajstić information content (AvgIpc) is 3.18. The molecule has 0 saturated carbocycles. The fourth-order valence-corrected chi connectivity index (χ4v) is 2.65. The number of hydrogen-bond acceptors (Lipinski definition) is 4. The van der Waals surface area contributed by atoms with Crippen molar-refractivity contribution in [2.45, 2.75) is 32.4 Å². The van der Waals surface area contributed by atoms with Crippen molar-refractivity contribution in [1.29, 1.82) is 0 Å². The Bertz CT molecular complexity index is 631. The standard InChI is InChI=1S/C14H19N5O2/c1-21-6-5-19-9-15-7-10(19)8-16-14(20)13-11-3-2-4-12(11)17-18-13/h7,9H,2-6,8H2,1H3,(H,16,20)(H,17,18). The Morgan fingerprint density at radius 2 is 2.43 bits per heavy atom. The second-order valence-electron chi connectivity index (χ2n) is 5.14. The summed E-state index contributed by atoms with van der Waals surface area (Å²) >= 11 is 0. The number of carbonyl (C=O) groups excluding carboxylic acids is 1. The van der Waals surface area contributed by atoms with E-state index in [1.165, 1.54) is 0 Å². The summed E-state index contributed by atoms with van der Waals surface area (Å²) < 4.78 is 7.03. The molecule has 0 saturated heterocycles. The quantitative estimate of drug-likeness (QED) is 0.818. The highest BCUT2D eigenvalue weighted by molar-refractivity contribution is 5.94. The molecule has 7 nitrogen and oxygen atoms in total. The van der Waals surface area contributed by atoms with Crippen LogP contribution in [-0.2, 0) is 30.7 Å². The van der Waals surface area contributed by atoms with Gasteiger partial charge in [-0.2, -0.15) is 5.10 Å². The number of aromatic nitrogens is 4. The van der Waals surface area contributed by atoms with Crippen LogP contribution in [0.2, 0.25) is 0 Å². The van der Waals surface area contributed by atoms with Gasteiger partial charge < -0.3 is 14.6 Å². The molecule has 1 amide bonds. The highest BCUT2D eigenvalue weighted by Crippen LogP contribution is 2.22. The third-order valence-corrected chi connectivity index (χ3v) is 3.79. The lowest BCUT2D eigenvalue weighted by molar-refractivity contribution is 0.0944. The maximum absolute atomic E-state index is 12.2. The van der Waals surface area contributed by atoms with Gasteiger partial charge in [-0.1, -0.05) is 0 Å². The van der Waals surface area contributed by atoms with Crippen molar-refractivity contribution in [3.8, 4) is 0 Å². The van der Waals surface area contributed by atoms with Gasteiger partial charge in [0.05, 0.1) is 25.2 Å². The topological polar surface area (TPSA) is 84.8 Å². The zero-order chi connectivity index (χ0) is 14.7. The molecule has 1 aliphatic rings. The van der Waals surface area contributed by atoms with Crippen molar-refractivity contribution in [3.05, 3.63) is 35.2 Å². The van der Waals surface area contributed by atoms with Crippen LogP contribution in [-0.4, -0.2) is 39.4 Å². The first-order valence-electron chi connectivity index (χ1n) is 7.12. The van der Waals surface area contributed by atoms with Crippen LogP contribution >= 0.6 is 0 Å². The van der Waals surface area contributed by atoms with Crippen molar-refractivity contribution < 1.29 is 9.53 Å². The molecule has 3 rings (SSSR count). The molecule has 0 bridgehead atoms. The van der Waals surface area contributed by atoms with E-state index in [1.54, 1.807) is 19.6 Å². The number of H-pyrrole nitrogens is 1. The molecule has 0 spiro atoms. The Morgan fingerprint density at radius 1 is 1.52 bits per heavy atom. The van der Waals surface area contributed by atoms with Gasteiger partial charge in [0, 0.05) is 31.1 Å². The van der Waals surface area contributed by atoms with E-state index < -0.39 is 0 Å². The zero-order valence-corrected chi connectivity index (χ0v) is 12.1. The maximum Gasteiger partial charge on any atom is 0.272 e. The normalized spacial score (nSPS) is 13.4. The molecule has 0 aromatic carbocycles. The zero-order valence-electron chi connectivity index (χ0n) is 12.1. The third kappa shape index (κ3) is 2.82. The first kappa shape index (κ1) is 13.8. The number of rotatable bonds is 6. The lowest BCUT2D eigenvalue weighted by Crippen LogP contribution is -2.25. The van der Waals surface area contributed by atoms with Gasteiger partial charge in [-0.25, -0.2) is 4.98 Å². The molecule has 2 N–H and O–H groups in total. The Labute approximate surface area is 122 Å². The first-order chi connectivity index (χ1) is 10.3. The molecule has 112 valence electrons. The number of fused-ring (bicyclic) bond motifs is 1. The summed E-state index contributed by atoms with van der Waals surface area (Å²) in [6.07, 6.45) is 6.51. The van der Waals surface area contributed by atoms with Gasteiger partial charge in [0.15, 0.2) is 5.69 Å². The van der Waals surface area contributed by atoms with E-state index in [9.17, 15) is 4.79 Å². The van der Waals surface area contributed by atoms with Crippen LogP contribution in [0.3, 0.4) is 0 Å². The largest absolute Gasteiger partial charge is 0.383 e. The second-order valence-corrected chi connectivity index (χ2v) is 5.14. The van der Waals surface area contributed by atoms with Crippen molar-refractivity contribution in [2.75, 3.05) is 13.7 Å². The second kappa shape index (κ2) is 6.09. The molecule has 21 heavy (non-hydrogen) atoms. The van der Waals surface area contributed by atoms with Crippen molar-refractivity contribution in [3.63, 3.8) is 0 Å². The molecule has 2 heterocycles. The number of carbonyl (C=O) groups is 1. The van der Waals surface area contributed by atoms with Gasteiger partial charge >= 0.3 is 0 Å². The van der Waals surface area contributed by atoms with Gasteiger partial charge in [-0.15, -0.1) is 0 Å². The Hall–Kier alpha value is -2.15. The summed E-state index contributed by atoms with van der Waals surface area (Å²) in [5, 5.41) is 10.00. The minimum absolute atomic E-state index is 0.131. The van der Waals surface area contributed by atoms with E-state index in [0.29, 0.717) is 18.8 Å². The van der Waals surface area contributed by atoms with Gasteiger partial charge in [0.25, 0.3) is 5.91 Å². The average molecular weight is 289 g/mol. The predicted molar refractivity (Wildman–Crippen MR) is 75.9 cm³/mol. The Morgan fingerprint density at radius 3 is 3.29 bits per heavy atom. The Balaban J connectivity index is 1.62. The van der Waals surface area contributed by atoms with E-state index in [1.807, 2.05) is 4.57 Å². The van der Waals surface area contributed by atoms with E-state index in [4.69, 9.17) is 4.74 Å². The monoisotopic (exact) mass is 289 g/mol. The van der Waals surface area contributed by atoms with Crippen molar-refractivity contribution in [1.82, 2.24) is 25.1 Å². The van der Waals surface area contributed by atoms with Crippen LogP contribution in [0.4, 0.5) is 0 Å². The molecule has 0 fully saturated rings. The highest BCUT2D eigenvalue weighted by atomic mass is 16.5. The Kier molecular flexibility index (Phi) is 4.01. The number of methoxy groups -OCH3 is 1. The predicted octanol–water partition coefficient (Wildman–Crippen LogP) is 0.671. The number of ether oxygens (including phenoxy) is 1. The third-order valence-electron chi connectivity index (χ3n) is 3.79. The van der Waals surface area contributed by atoms with Crippen LogP contribution in [0.1, 0.15) is 33.9 Å². The lowest BCUT2D eigenvalue weighted by Gasteiger charge is -2.08. The minimum Gasteiger partial charge on any atom is -0.383 e. The summed E-state index contributed by atoms with van der Waals surface area (Å²) in [6.45, 7) is 1.77. The molecule has 2 aromatic heterocycles. The van der Waals surface area contributed by atoms with Crippen LogP contribution in [0, 0.1) is 0 Å². The summed E-state index contributed by atoms with van der Waals surface area (Å²) in [5.74, 6) is -0.131. The summed E-state index contributed by atoms with van der Waals surface area (Å²) in [5.41, 5.74) is 3.66. The molecule has 2 aromatic rings. The number of amides is 1. The summed E-state index contributed by atoms with van der Waals surface area (Å²) in [4.78, 5) is 16.3. The number of nitrogens with zero attached hydrogens (tertiary/aromatic N) is 3. The number of hydrogen-bond donors (Lipinski definition) is 2. The van der Waals surface area contributed by atoms with Crippen LogP contribution < -0.4 is 5.32 Å². The molecule has 0 radical (unpaired) electrons. The van der Waals surface area contributed by atoms with Crippen molar-refractivity contribution >= 4 is 5.91 Å². The molecule has 0 unspecified atom stereocenters. The van der Waals surface area contributed by atoms with Crippen LogP contribution in [0.25, 0.3) is 0 Å². The van der Waals surface area contributed by atoms with Gasteiger partial charge in [-0.3, -0.25) is 9.89 Å². The number of imidazole rings is 1. The number of nitrogens with one attached hydrogen (secondary N) is 2. The van der Waals surface area contributed by atoms with E-state index in [-0.39, 0.29) is 5.91 Å². The lowest BCUT2D eigenvalue weighted by atomic mass is 10.2. The summed E-state index contributed by atoms with van der Waals surface area (Å²) in [7, 11) is 1.66.